The minimum atomic E-state index is -0.557. The second-order valence-corrected chi connectivity index (χ2v) is 8.22. The average molecular weight is 449 g/mol. The summed E-state index contributed by atoms with van der Waals surface area (Å²) < 4.78 is 9.74. The molecule has 0 aliphatic rings. The third-order valence-electron chi connectivity index (χ3n) is 3.36. The van der Waals surface area contributed by atoms with E-state index in [9.17, 15) is 10.1 Å². The number of rotatable bonds is 7. The Labute approximate surface area is 179 Å². The summed E-state index contributed by atoms with van der Waals surface area (Å²) in [6.07, 6.45) is 3.24. The molecular formula is C18H13ClN4O2S3. The molecule has 3 aromatic rings. The summed E-state index contributed by atoms with van der Waals surface area (Å²) in [6, 6.07) is 13.0. The fourth-order valence-corrected chi connectivity index (χ4v) is 4.09. The van der Waals surface area contributed by atoms with Crippen LogP contribution in [0.5, 0.6) is 0 Å². The van der Waals surface area contributed by atoms with Gasteiger partial charge in [-0.05, 0) is 36.1 Å². The number of anilines is 1. The number of carbonyl (C=O) groups is 1. The highest BCUT2D eigenvalue weighted by Gasteiger charge is 2.13. The molecule has 2 aromatic heterocycles. The Morgan fingerprint density at radius 2 is 2.14 bits per heavy atom. The van der Waals surface area contributed by atoms with Gasteiger partial charge >= 0.3 is 0 Å². The van der Waals surface area contributed by atoms with Gasteiger partial charge in [0, 0.05) is 28.4 Å². The topological polar surface area (TPSA) is 91.8 Å². The van der Waals surface area contributed by atoms with Crippen molar-refractivity contribution in [1.82, 2.24) is 9.36 Å². The van der Waals surface area contributed by atoms with Gasteiger partial charge < -0.3 is 4.42 Å². The van der Waals surface area contributed by atoms with Crippen LogP contribution in [0.1, 0.15) is 11.3 Å². The predicted octanol–water partition coefficient (Wildman–Crippen LogP) is 5.34. The lowest BCUT2D eigenvalue weighted by Crippen LogP contribution is -2.13. The van der Waals surface area contributed by atoms with E-state index in [0.29, 0.717) is 31.9 Å². The molecule has 0 saturated heterocycles. The van der Waals surface area contributed by atoms with Crippen LogP contribution in [0.25, 0.3) is 6.08 Å². The largest absolute Gasteiger partial charge is 0.450 e. The molecule has 6 nitrogen and oxygen atoms in total. The van der Waals surface area contributed by atoms with Gasteiger partial charge in [0.05, 0.1) is 0 Å². The number of amides is 1. The SMILES string of the molecule is CSc1nsc(NC(=O)C(C#N)=Cc2ccc(SCc3ccc(Cl)cc3)o2)n1. The van der Waals surface area contributed by atoms with Gasteiger partial charge in [-0.3, -0.25) is 10.1 Å². The number of nitrogens with one attached hydrogen (secondary N) is 1. The van der Waals surface area contributed by atoms with Gasteiger partial charge in [-0.2, -0.15) is 14.6 Å². The Hall–Kier alpha value is -2.25. The van der Waals surface area contributed by atoms with Gasteiger partial charge in [0.2, 0.25) is 10.3 Å². The summed E-state index contributed by atoms with van der Waals surface area (Å²) in [5, 5.41) is 14.2. The average Bonchev–Trinajstić information content (AvgIpc) is 3.34. The van der Waals surface area contributed by atoms with Crippen LogP contribution in [-0.2, 0) is 10.5 Å². The first-order valence-electron chi connectivity index (χ1n) is 7.85. The monoisotopic (exact) mass is 448 g/mol. The summed E-state index contributed by atoms with van der Waals surface area (Å²) in [6.45, 7) is 0. The minimum absolute atomic E-state index is 0.0792. The Morgan fingerprint density at radius 3 is 2.82 bits per heavy atom. The molecule has 3 rings (SSSR count). The number of halogens is 1. The number of hydrogen-bond acceptors (Lipinski definition) is 8. The van der Waals surface area contributed by atoms with Crippen molar-refractivity contribution in [3.05, 3.63) is 58.3 Å². The van der Waals surface area contributed by atoms with Crippen LogP contribution in [0.15, 0.2) is 56.6 Å². The minimum Gasteiger partial charge on any atom is -0.450 e. The van der Waals surface area contributed by atoms with Crippen molar-refractivity contribution in [2.24, 2.45) is 0 Å². The number of benzene rings is 1. The Bertz CT molecular complexity index is 1040. The van der Waals surface area contributed by atoms with Gasteiger partial charge in [-0.15, -0.1) is 0 Å². The Balaban J connectivity index is 1.63. The maximum atomic E-state index is 12.3. The molecule has 1 aromatic carbocycles. The van der Waals surface area contributed by atoms with E-state index >= 15 is 0 Å². The molecular weight excluding hydrogens is 436 g/mol. The molecule has 28 heavy (non-hydrogen) atoms. The molecule has 0 radical (unpaired) electrons. The maximum absolute atomic E-state index is 12.3. The van der Waals surface area contributed by atoms with Crippen molar-refractivity contribution in [2.75, 3.05) is 11.6 Å². The van der Waals surface area contributed by atoms with E-state index in [1.165, 1.54) is 29.6 Å². The molecule has 142 valence electrons. The third kappa shape index (κ3) is 5.62. The normalized spacial score (nSPS) is 11.2. The van der Waals surface area contributed by atoms with Crippen molar-refractivity contribution >= 4 is 63.8 Å². The van der Waals surface area contributed by atoms with E-state index in [4.69, 9.17) is 16.0 Å². The van der Waals surface area contributed by atoms with E-state index in [0.717, 1.165) is 17.1 Å². The quantitative estimate of drug-likeness (QED) is 0.296. The van der Waals surface area contributed by atoms with Gasteiger partial charge in [0.15, 0.2) is 5.09 Å². The highest BCUT2D eigenvalue weighted by Crippen LogP contribution is 2.26. The molecule has 1 N–H and O–H groups in total. The number of nitrogens with zero attached hydrogens (tertiary/aromatic N) is 3. The van der Waals surface area contributed by atoms with Crippen LogP contribution < -0.4 is 5.32 Å². The molecule has 0 fully saturated rings. The summed E-state index contributed by atoms with van der Waals surface area (Å²) in [5.74, 6) is 0.583. The second kappa shape index (κ2) is 9.80. The zero-order valence-corrected chi connectivity index (χ0v) is 17.7. The van der Waals surface area contributed by atoms with Crippen molar-refractivity contribution in [3.63, 3.8) is 0 Å². The third-order valence-corrected chi connectivity index (χ3v) is 5.89. The van der Waals surface area contributed by atoms with E-state index in [2.05, 4.69) is 14.7 Å². The molecule has 10 heteroatoms. The van der Waals surface area contributed by atoms with Crippen LogP contribution in [0.2, 0.25) is 5.02 Å². The molecule has 0 saturated carbocycles. The first-order valence-corrected chi connectivity index (χ1v) is 11.2. The number of thioether (sulfide) groups is 2. The summed E-state index contributed by atoms with van der Waals surface area (Å²) in [4.78, 5) is 16.4. The fourth-order valence-electron chi connectivity index (χ4n) is 2.02. The van der Waals surface area contributed by atoms with Crippen LogP contribution in [0, 0.1) is 11.3 Å². The zero-order chi connectivity index (χ0) is 19.9. The zero-order valence-electron chi connectivity index (χ0n) is 14.5. The summed E-state index contributed by atoms with van der Waals surface area (Å²) in [7, 11) is 0. The van der Waals surface area contributed by atoms with Crippen molar-refractivity contribution in [1.29, 1.82) is 5.26 Å². The standard InChI is InChI=1S/C18H13ClN4O2S3/c1-26-18-22-17(28-23-18)21-16(24)12(9-20)8-14-6-7-15(25-14)27-10-11-2-4-13(19)5-3-11/h2-8H,10H2,1H3,(H,21,22,23,24). The van der Waals surface area contributed by atoms with Gasteiger partial charge in [-0.1, -0.05) is 47.3 Å². The van der Waals surface area contributed by atoms with Crippen LogP contribution in [0.3, 0.4) is 0 Å². The van der Waals surface area contributed by atoms with E-state index in [-0.39, 0.29) is 5.57 Å². The van der Waals surface area contributed by atoms with Crippen molar-refractivity contribution in [2.45, 2.75) is 16.0 Å². The first-order chi connectivity index (χ1) is 13.6. The lowest BCUT2D eigenvalue weighted by molar-refractivity contribution is -0.112. The van der Waals surface area contributed by atoms with Crippen molar-refractivity contribution in [3.8, 4) is 6.07 Å². The number of carbonyl (C=O) groups excluding carboxylic acids is 1. The van der Waals surface area contributed by atoms with E-state index in [1.807, 2.05) is 36.6 Å². The van der Waals surface area contributed by atoms with Gasteiger partial charge in [0.25, 0.3) is 5.91 Å². The molecule has 2 heterocycles. The van der Waals surface area contributed by atoms with Gasteiger partial charge in [-0.25, -0.2) is 0 Å². The molecule has 0 unspecified atom stereocenters. The van der Waals surface area contributed by atoms with E-state index < -0.39 is 5.91 Å². The number of aromatic nitrogens is 2. The van der Waals surface area contributed by atoms with Crippen LogP contribution in [0.4, 0.5) is 5.13 Å². The molecule has 0 spiro atoms. The Morgan fingerprint density at radius 1 is 1.36 bits per heavy atom. The summed E-state index contributed by atoms with van der Waals surface area (Å²) in [5.41, 5.74) is 1.03. The highest BCUT2D eigenvalue weighted by molar-refractivity contribution is 7.98. The number of furan rings is 1. The van der Waals surface area contributed by atoms with Crippen LogP contribution >= 0.6 is 46.7 Å². The van der Waals surface area contributed by atoms with E-state index in [1.54, 1.807) is 12.1 Å². The first kappa shape index (κ1) is 20.5. The van der Waals surface area contributed by atoms with Gasteiger partial charge in [0.1, 0.15) is 17.4 Å². The lowest BCUT2D eigenvalue weighted by Gasteiger charge is -2.00. The Kier molecular flexibility index (Phi) is 7.17. The number of hydrogen-bond donors (Lipinski definition) is 1. The maximum Gasteiger partial charge on any atom is 0.268 e. The molecule has 0 aliphatic heterocycles. The fraction of sp³-hybridized carbons (Fsp3) is 0.111. The lowest BCUT2D eigenvalue weighted by atomic mass is 10.2. The van der Waals surface area contributed by atoms with Crippen LogP contribution in [-0.4, -0.2) is 21.5 Å². The molecule has 0 atom stereocenters. The summed E-state index contributed by atoms with van der Waals surface area (Å²) >= 11 is 9.82. The highest BCUT2D eigenvalue weighted by atomic mass is 35.5. The second-order valence-electron chi connectivity index (χ2n) is 5.28. The molecule has 0 aliphatic carbocycles. The van der Waals surface area contributed by atoms with Crippen molar-refractivity contribution < 1.29 is 9.21 Å². The smallest absolute Gasteiger partial charge is 0.268 e. The molecule has 0 bridgehead atoms. The number of nitriles is 1. The molecule has 1 amide bonds. The predicted molar refractivity (Wildman–Crippen MR) is 114 cm³/mol.